The second-order valence-electron chi connectivity index (χ2n) is 3.94. The number of methoxy groups -OCH3 is 1. The molecule has 5 nitrogen and oxygen atoms in total. The van der Waals surface area contributed by atoms with E-state index in [0.29, 0.717) is 12.2 Å². The van der Waals surface area contributed by atoms with Crippen LogP contribution in [-0.4, -0.2) is 48.7 Å². The molecular weight excluding hydrogens is 254 g/mol. The lowest BCUT2D eigenvalue weighted by molar-refractivity contribution is -0.137. The van der Waals surface area contributed by atoms with Gasteiger partial charge in [-0.25, -0.2) is 0 Å². The van der Waals surface area contributed by atoms with Gasteiger partial charge in [0.05, 0.1) is 12.2 Å². The van der Waals surface area contributed by atoms with Crippen LogP contribution in [0.4, 0.5) is 0 Å². The molecule has 0 aliphatic heterocycles. The van der Waals surface area contributed by atoms with Gasteiger partial charge >= 0.3 is 5.97 Å². The molecule has 0 saturated carbocycles. The van der Waals surface area contributed by atoms with Crippen molar-refractivity contribution < 1.29 is 19.4 Å². The zero-order valence-electron chi connectivity index (χ0n) is 10.7. The van der Waals surface area contributed by atoms with Crippen molar-refractivity contribution in [2.45, 2.75) is 13.8 Å². The first-order valence-corrected chi connectivity index (χ1v) is 6.40. The highest BCUT2D eigenvalue weighted by Crippen LogP contribution is 2.21. The molecule has 0 radical (unpaired) electrons. The van der Waals surface area contributed by atoms with E-state index in [0.717, 1.165) is 10.4 Å². The monoisotopic (exact) mass is 271 g/mol. The fourth-order valence-corrected chi connectivity index (χ4v) is 2.37. The number of nitrogens with zero attached hydrogens (tertiary/aromatic N) is 1. The van der Waals surface area contributed by atoms with E-state index in [2.05, 4.69) is 0 Å². The predicted octanol–water partition coefficient (Wildman–Crippen LogP) is 1.54. The molecule has 0 fully saturated rings. The minimum absolute atomic E-state index is 0.253. The summed E-state index contributed by atoms with van der Waals surface area (Å²) in [6, 6.07) is 0. The van der Waals surface area contributed by atoms with Gasteiger partial charge in [0.1, 0.15) is 6.54 Å². The van der Waals surface area contributed by atoms with Crippen molar-refractivity contribution in [1.29, 1.82) is 0 Å². The Hall–Kier alpha value is -1.40. The number of hydrogen-bond donors (Lipinski definition) is 1. The van der Waals surface area contributed by atoms with Crippen molar-refractivity contribution in [2.75, 3.05) is 26.8 Å². The Morgan fingerprint density at radius 2 is 2.11 bits per heavy atom. The summed E-state index contributed by atoms with van der Waals surface area (Å²) in [5, 5.41) is 10.6. The smallest absolute Gasteiger partial charge is 0.323 e. The van der Waals surface area contributed by atoms with Crippen molar-refractivity contribution in [2.24, 2.45) is 0 Å². The molecule has 1 aromatic heterocycles. The average Bonchev–Trinajstić information content (AvgIpc) is 2.64. The third-order valence-corrected chi connectivity index (χ3v) is 3.71. The maximum Gasteiger partial charge on any atom is 0.323 e. The summed E-state index contributed by atoms with van der Waals surface area (Å²) in [7, 11) is 1.52. The molecule has 0 bridgehead atoms. The predicted molar refractivity (Wildman–Crippen MR) is 69.2 cm³/mol. The Morgan fingerprint density at radius 3 is 2.56 bits per heavy atom. The van der Waals surface area contributed by atoms with Crippen molar-refractivity contribution >= 4 is 23.2 Å². The number of hydrogen-bond acceptors (Lipinski definition) is 4. The Morgan fingerprint density at radius 1 is 1.44 bits per heavy atom. The molecule has 1 amide bonds. The molecule has 1 heterocycles. The summed E-state index contributed by atoms with van der Waals surface area (Å²) in [5.74, 6) is -1.28. The fraction of sp³-hybridized carbons (Fsp3) is 0.500. The number of rotatable bonds is 6. The lowest BCUT2D eigenvalue weighted by Gasteiger charge is -2.20. The summed E-state index contributed by atoms with van der Waals surface area (Å²) >= 11 is 1.49. The first-order chi connectivity index (χ1) is 8.47. The van der Waals surface area contributed by atoms with Crippen LogP contribution in [0, 0.1) is 13.8 Å². The molecule has 0 atom stereocenters. The van der Waals surface area contributed by atoms with E-state index in [4.69, 9.17) is 9.84 Å². The van der Waals surface area contributed by atoms with E-state index < -0.39 is 5.97 Å². The van der Waals surface area contributed by atoms with Gasteiger partial charge < -0.3 is 14.7 Å². The van der Waals surface area contributed by atoms with Gasteiger partial charge in [-0.05, 0) is 19.4 Å². The van der Waals surface area contributed by atoms with Gasteiger partial charge in [0.15, 0.2) is 0 Å². The number of aryl methyl sites for hydroxylation is 1. The second kappa shape index (κ2) is 6.51. The van der Waals surface area contributed by atoms with Crippen LogP contribution < -0.4 is 0 Å². The highest BCUT2D eigenvalue weighted by atomic mass is 32.1. The van der Waals surface area contributed by atoms with E-state index in [1.165, 1.54) is 23.3 Å². The molecule has 0 aliphatic carbocycles. The van der Waals surface area contributed by atoms with Crippen molar-refractivity contribution in [3.8, 4) is 0 Å². The maximum atomic E-state index is 12.2. The van der Waals surface area contributed by atoms with Crippen LogP contribution in [0.15, 0.2) is 5.38 Å². The van der Waals surface area contributed by atoms with Crippen LogP contribution in [0.25, 0.3) is 0 Å². The minimum Gasteiger partial charge on any atom is -0.480 e. The number of aliphatic carboxylic acids is 1. The van der Waals surface area contributed by atoms with E-state index in [1.54, 1.807) is 5.38 Å². The molecule has 1 N–H and O–H groups in total. The summed E-state index contributed by atoms with van der Waals surface area (Å²) < 4.78 is 4.89. The van der Waals surface area contributed by atoms with Gasteiger partial charge in [0.2, 0.25) is 0 Å². The molecule has 6 heteroatoms. The standard InChI is InChI=1S/C12H17NO4S/c1-8-9(2)18-7-10(8)12(16)13(4-5-17-3)6-11(14)15/h7H,4-6H2,1-3H3,(H,14,15). The Balaban J connectivity index is 2.87. The molecule has 0 unspecified atom stereocenters. The van der Waals surface area contributed by atoms with Gasteiger partial charge in [-0.15, -0.1) is 11.3 Å². The van der Waals surface area contributed by atoms with Gasteiger partial charge in [-0.2, -0.15) is 0 Å². The van der Waals surface area contributed by atoms with Crippen LogP contribution in [0.1, 0.15) is 20.8 Å². The molecule has 0 aliphatic rings. The van der Waals surface area contributed by atoms with E-state index in [-0.39, 0.29) is 19.0 Å². The van der Waals surface area contributed by atoms with E-state index in [9.17, 15) is 9.59 Å². The molecule has 18 heavy (non-hydrogen) atoms. The molecule has 0 saturated heterocycles. The zero-order chi connectivity index (χ0) is 13.7. The summed E-state index contributed by atoms with van der Waals surface area (Å²) in [4.78, 5) is 25.4. The summed E-state index contributed by atoms with van der Waals surface area (Å²) in [6.07, 6.45) is 0. The highest BCUT2D eigenvalue weighted by molar-refractivity contribution is 7.10. The molecule has 100 valence electrons. The number of ether oxygens (including phenoxy) is 1. The Kier molecular flexibility index (Phi) is 5.30. The van der Waals surface area contributed by atoms with Crippen LogP contribution >= 0.6 is 11.3 Å². The molecular formula is C12H17NO4S. The number of carboxylic acid groups (broad SMARTS) is 1. The molecule has 1 aromatic rings. The van der Waals surface area contributed by atoms with Gasteiger partial charge in [0, 0.05) is 23.9 Å². The van der Waals surface area contributed by atoms with Crippen LogP contribution in [0.5, 0.6) is 0 Å². The first-order valence-electron chi connectivity index (χ1n) is 5.52. The number of carbonyl (C=O) groups excluding carboxylic acids is 1. The van der Waals surface area contributed by atoms with E-state index in [1.807, 2.05) is 13.8 Å². The SMILES string of the molecule is COCCN(CC(=O)O)C(=O)c1csc(C)c1C. The van der Waals surface area contributed by atoms with Gasteiger partial charge in [0.25, 0.3) is 5.91 Å². The van der Waals surface area contributed by atoms with E-state index >= 15 is 0 Å². The van der Waals surface area contributed by atoms with Crippen LogP contribution in [0.3, 0.4) is 0 Å². The van der Waals surface area contributed by atoms with Crippen molar-refractivity contribution in [3.05, 3.63) is 21.4 Å². The topological polar surface area (TPSA) is 66.8 Å². The number of amides is 1. The second-order valence-corrected chi connectivity index (χ2v) is 5.03. The number of carboxylic acids is 1. The lowest BCUT2D eigenvalue weighted by atomic mass is 10.1. The van der Waals surface area contributed by atoms with Crippen molar-refractivity contribution in [1.82, 2.24) is 4.90 Å². The average molecular weight is 271 g/mol. The molecule has 0 spiro atoms. The largest absolute Gasteiger partial charge is 0.480 e. The summed E-state index contributed by atoms with van der Waals surface area (Å²) in [6.45, 7) is 4.09. The highest BCUT2D eigenvalue weighted by Gasteiger charge is 2.21. The third-order valence-electron chi connectivity index (χ3n) is 2.69. The van der Waals surface area contributed by atoms with Crippen molar-refractivity contribution in [3.63, 3.8) is 0 Å². The fourth-order valence-electron chi connectivity index (χ4n) is 1.51. The Labute approximate surface area is 110 Å². The normalized spacial score (nSPS) is 10.4. The first kappa shape index (κ1) is 14.7. The summed E-state index contributed by atoms with van der Waals surface area (Å²) in [5.41, 5.74) is 1.49. The number of thiophene rings is 1. The quantitative estimate of drug-likeness (QED) is 0.852. The maximum absolute atomic E-state index is 12.2. The number of carbonyl (C=O) groups is 2. The third kappa shape index (κ3) is 3.54. The Bertz CT molecular complexity index is 441. The molecule has 0 aromatic carbocycles. The lowest BCUT2D eigenvalue weighted by Crippen LogP contribution is -2.38. The van der Waals surface area contributed by atoms with Gasteiger partial charge in [-0.1, -0.05) is 0 Å². The van der Waals surface area contributed by atoms with Crippen LogP contribution in [0.2, 0.25) is 0 Å². The molecule has 1 rings (SSSR count). The zero-order valence-corrected chi connectivity index (χ0v) is 11.5. The van der Waals surface area contributed by atoms with Gasteiger partial charge in [-0.3, -0.25) is 9.59 Å². The van der Waals surface area contributed by atoms with Crippen LogP contribution in [-0.2, 0) is 9.53 Å². The minimum atomic E-state index is -1.02.